The maximum Gasteiger partial charge on any atom is 0.329 e. The summed E-state index contributed by atoms with van der Waals surface area (Å²) in [6.07, 6.45) is 15.5. The van der Waals surface area contributed by atoms with Gasteiger partial charge in [-0.1, -0.05) is 44.9 Å². The van der Waals surface area contributed by atoms with Crippen molar-refractivity contribution in [2.24, 2.45) is 35.5 Å². The highest BCUT2D eigenvalue weighted by Crippen LogP contribution is 2.50. The molecule has 4 bridgehead atoms. The van der Waals surface area contributed by atoms with Crippen LogP contribution in [0.5, 0.6) is 0 Å². The normalized spacial score (nSPS) is 43.7. The predicted molar refractivity (Wildman–Crippen MR) is 242 cm³/mol. The summed E-state index contributed by atoms with van der Waals surface area (Å²) in [4.78, 5) is 46.1. The molecule has 0 aromatic heterocycles. The third-order valence-corrected chi connectivity index (χ3v) is 16.5. The maximum absolute atomic E-state index is 15.6. The Kier molecular flexibility index (Phi) is 17.2. The summed E-state index contributed by atoms with van der Waals surface area (Å²) >= 11 is 0. The quantitative estimate of drug-likeness (QED) is 0.171. The molecule has 3 saturated carbocycles. The average Bonchev–Trinajstić information content (AvgIpc) is 3.91. The molecule has 358 valence electrons. The molecule has 2 saturated heterocycles. The third kappa shape index (κ3) is 11.0. The van der Waals surface area contributed by atoms with Crippen molar-refractivity contribution in [3.63, 3.8) is 0 Å². The van der Waals surface area contributed by atoms with Crippen molar-refractivity contribution < 1.29 is 47.9 Å². The number of fused-ring (bicyclic) bond motifs is 5. The number of aliphatic hydroxyl groups is 1. The number of nitrogens with zero attached hydrogens (tertiary/aromatic N) is 1. The number of piperidine rings is 1. The van der Waals surface area contributed by atoms with Crippen molar-refractivity contribution in [2.75, 3.05) is 34.9 Å². The first-order valence-corrected chi connectivity index (χ1v) is 24.8. The minimum Gasteiger partial charge on any atom is -0.453 e. The average molecular weight is 885 g/mol. The lowest BCUT2D eigenvalue weighted by molar-refractivity contribution is -0.395. The van der Waals surface area contributed by atoms with E-state index in [2.05, 4.69) is 38.2 Å². The molecule has 6 rings (SSSR count). The number of allylic oxidation sites excluding steroid dienone is 3. The van der Waals surface area contributed by atoms with Crippen LogP contribution in [-0.2, 0) is 42.8 Å². The monoisotopic (exact) mass is 885 g/mol. The molecule has 6 unspecified atom stereocenters. The van der Waals surface area contributed by atoms with Crippen LogP contribution >= 0.6 is 0 Å². The van der Waals surface area contributed by atoms with Crippen molar-refractivity contribution in [3.8, 4) is 0 Å². The number of hydrogen-bond acceptors (Lipinski definition) is 11. The molecule has 3 heterocycles. The Morgan fingerprint density at radius 1 is 0.937 bits per heavy atom. The number of ether oxygens (including phenoxy) is 6. The number of methoxy groups -OCH3 is 3. The Morgan fingerprint density at radius 2 is 1.68 bits per heavy atom. The van der Waals surface area contributed by atoms with Gasteiger partial charge in [0.2, 0.25) is 5.79 Å². The van der Waals surface area contributed by atoms with Crippen molar-refractivity contribution in [1.82, 2.24) is 10.2 Å². The van der Waals surface area contributed by atoms with Crippen LogP contribution in [0.4, 0.5) is 0 Å². The van der Waals surface area contributed by atoms with Gasteiger partial charge in [0.25, 0.3) is 5.91 Å². The molecule has 15 atom stereocenters. The zero-order valence-corrected chi connectivity index (χ0v) is 40.6. The lowest BCUT2D eigenvalue weighted by Crippen LogP contribution is -2.75. The molecule has 1 amide bonds. The topological polar surface area (TPSA) is 142 Å². The van der Waals surface area contributed by atoms with E-state index >= 15 is 4.79 Å². The standard InChI is InChI=1S/C51H84N2O10/c1-11-38-25-32(2)24-33(3)26-44(59-9)50(52-7)45(60-10)28-35(5)51(57,63-50)46(61-43-31-37-20-21-39(43)29-37)47(55)53-23-13-12-18-41(53)48(56)62-49(6,22-15-19-42(38)54)34(4)27-36-16-14-17-40(30-36)58-8/h25,27,33,35-41,43-46,52,57H,11-24,26,28-31H2,1-10H3/b32-25+,34-27+/t33-,35+,36?,37?,38?,39?,40-,41-,43+,44-,45-,46?,49?,50+,51+/m0/s1. The first kappa shape index (κ1) is 50.2. The molecule has 12 nitrogen and oxygen atoms in total. The highest BCUT2D eigenvalue weighted by atomic mass is 16.7. The number of rotatable bonds is 9. The number of esters is 1. The number of carbonyl (C=O) groups is 3. The zero-order chi connectivity index (χ0) is 45.7. The highest BCUT2D eigenvalue weighted by molar-refractivity contribution is 5.88. The number of ketones is 1. The van der Waals surface area contributed by atoms with Crippen molar-refractivity contribution >= 4 is 17.7 Å². The van der Waals surface area contributed by atoms with Gasteiger partial charge in [-0.25, -0.2) is 4.79 Å². The molecular weight excluding hydrogens is 801 g/mol. The van der Waals surface area contributed by atoms with Gasteiger partial charge in [0.15, 0.2) is 11.8 Å². The second kappa shape index (κ2) is 21.6. The van der Waals surface area contributed by atoms with Crippen LogP contribution in [0.25, 0.3) is 0 Å². The van der Waals surface area contributed by atoms with E-state index in [1.54, 1.807) is 33.3 Å². The number of carbonyl (C=O) groups excluding carboxylic acids is 3. The van der Waals surface area contributed by atoms with E-state index in [1.807, 2.05) is 20.8 Å². The van der Waals surface area contributed by atoms with Crippen LogP contribution in [-0.4, -0.2) is 116 Å². The molecule has 5 fully saturated rings. The van der Waals surface area contributed by atoms with E-state index in [9.17, 15) is 14.7 Å². The Bertz CT molecular complexity index is 1640. The van der Waals surface area contributed by atoms with E-state index in [4.69, 9.17) is 28.4 Å². The summed E-state index contributed by atoms with van der Waals surface area (Å²) in [5, 5.41) is 16.7. The second-order valence-corrected chi connectivity index (χ2v) is 20.9. The number of Topliss-reactive ketones (excluding diaryl/α,β-unsaturated/α-hetero) is 1. The summed E-state index contributed by atoms with van der Waals surface area (Å²) in [7, 11) is 6.84. The van der Waals surface area contributed by atoms with Crippen molar-refractivity contribution in [3.05, 3.63) is 23.3 Å². The molecule has 3 aliphatic carbocycles. The van der Waals surface area contributed by atoms with Gasteiger partial charge >= 0.3 is 5.97 Å². The number of cyclic esters (lactones) is 1. The molecule has 6 aliphatic rings. The zero-order valence-electron chi connectivity index (χ0n) is 40.6. The molecular formula is C51H84N2O10. The number of hydrogen-bond donors (Lipinski definition) is 2. The Balaban J connectivity index is 1.43. The molecule has 0 aromatic carbocycles. The fourth-order valence-electron chi connectivity index (χ4n) is 12.6. The minimum absolute atomic E-state index is 0.102. The van der Waals surface area contributed by atoms with Gasteiger partial charge in [-0.2, -0.15) is 0 Å². The molecule has 0 radical (unpaired) electrons. The maximum atomic E-state index is 15.6. The number of amides is 1. The van der Waals surface area contributed by atoms with Crippen LogP contribution in [0, 0.1) is 35.5 Å². The Hall–Kier alpha value is -2.19. The SMILES string of the molecule is CCC1/C=C(\C)C[C@H](C)C[C@H](OC)[C@@]2(NC)O[C@@](O)(C(O[C@@H]3CC4CCC3C4)C(=O)N3CCCC[C@H]3C(=O)OC(C)(/C(C)=C/C3CCC[C@H](OC)C3)CCCC1=O)[C@H](C)C[C@@H]2OC. The molecule has 3 aliphatic heterocycles. The first-order chi connectivity index (χ1) is 30.0. The molecule has 2 N–H and O–H groups in total. The van der Waals surface area contributed by atoms with Crippen LogP contribution in [0.3, 0.4) is 0 Å². The summed E-state index contributed by atoms with van der Waals surface area (Å²) in [5.41, 5.74) is -0.309. The fourth-order valence-corrected chi connectivity index (χ4v) is 12.6. The summed E-state index contributed by atoms with van der Waals surface area (Å²) in [6, 6.07) is -0.888. The van der Waals surface area contributed by atoms with Crippen LogP contribution in [0.2, 0.25) is 0 Å². The Morgan fingerprint density at radius 3 is 2.33 bits per heavy atom. The van der Waals surface area contributed by atoms with E-state index < -0.39 is 59.3 Å². The van der Waals surface area contributed by atoms with Crippen LogP contribution < -0.4 is 5.32 Å². The van der Waals surface area contributed by atoms with Gasteiger partial charge in [-0.05, 0) is 160 Å². The largest absolute Gasteiger partial charge is 0.453 e. The number of likely N-dealkylation sites (N-methyl/N-ethyl adjacent to an activating group) is 1. The third-order valence-electron chi connectivity index (χ3n) is 16.5. The minimum atomic E-state index is -2.11. The van der Waals surface area contributed by atoms with Crippen LogP contribution in [0.15, 0.2) is 23.3 Å². The number of nitrogens with one attached hydrogen (secondary N) is 1. The molecule has 12 heteroatoms. The van der Waals surface area contributed by atoms with E-state index in [-0.39, 0.29) is 35.7 Å². The van der Waals surface area contributed by atoms with E-state index in [0.29, 0.717) is 69.7 Å². The van der Waals surface area contributed by atoms with Crippen molar-refractivity contribution in [2.45, 2.75) is 211 Å². The molecule has 0 spiro atoms. The predicted octanol–water partition coefficient (Wildman–Crippen LogP) is 8.23. The van der Waals surface area contributed by atoms with E-state index in [1.165, 1.54) is 0 Å². The van der Waals surface area contributed by atoms with Gasteiger partial charge in [0.05, 0.1) is 12.2 Å². The summed E-state index contributed by atoms with van der Waals surface area (Å²) < 4.78 is 39.1. The summed E-state index contributed by atoms with van der Waals surface area (Å²) in [5.74, 6) is -2.47. The van der Waals surface area contributed by atoms with Crippen LogP contribution in [0.1, 0.15) is 157 Å². The molecule has 63 heavy (non-hydrogen) atoms. The first-order valence-electron chi connectivity index (χ1n) is 24.8. The van der Waals surface area contributed by atoms with Gasteiger partial charge in [-0.15, -0.1) is 0 Å². The lowest BCUT2D eigenvalue weighted by atomic mass is 9.78. The van der Waals surface area contributed by atoms with Gasteiger partial charge < -0.3 is 38.4 Å². The highest BCUT2D eigenvalue weighted by Gasteiger charge is 2.64. The lowest BCUT2D eigenvalue weighted by Gasteiger charge is -2.56. The van der Waals surface area contributed by atoms with Crippen molar-refractivity contribution in [1.29, 1.82) is 0 Å². The summed E-state index contributed by atoms with van der Waals surface area (Å²) in [6.45, 7) is 12.6. The Labute approximate surface area is 379 Å². The second-order valence-electron chi connectivity index (χ2n) is 20.9. The molecule has 0 aromatic rings. The van der Waals surface area contributed by atoms with Gasteiger partial charge in [0, 0.05) is 46.1 Å². The van der Waals surface area contributed by atoms with Gasteiger partial charge in [-0.3, -0.25) is 14.9 Å². The smallest absolute Gasteiger partial charge is 0.329 e. The van der Waals surface area contributed by atoms with Gasteiger partial charge in [0.1, 0.15) is 29.6 Å². The fraction of sp³-hybridized carbons (Fsp3) is 0.863. The van der Waals surface area contributed by atoms with E-state index in [0.717, 1.165) is 75.4 Å².